The summed E-state index contributed by atoms with van der Waals surface area (Å²) in [7, 11) is 0. The maximum absolute atomic E-state index is 5.77. The number of nitrogens with one attached hydrogen (secondary N) is 1. The van der Waals surface area contributed by atoms with E-state index in [2.05, 4.69) is 43.0 Å². The molecule has 1 aromatic rings. The molecule has 1 rings (SSSR count). The van der Waals surface area contributed by atoms with Gasteiger partial charge in [0.1, 0.15) is 5.82 Å². The fourth-order valence-corrected chi connectivity index (χ4v) is 2.63. The summed E-state index contributed by atoms with van der Waals surface area (Å²) in [6, 6.07) is 4.04. The number of anilines is 1. The number of hydrazine groups is 1. The van der Waals surface area contributed by atoms with Crippen LogP contribution in [0.4, 0.5) is 5.82 Å². The summed E-state index contributed by atoms with van der Waals surface area (Å²) in [6.07, 6.45) is 2.56. The van der Waals surface area contributed by atoms with Gasteiger partial charge >= 0.3 is 0 Å². The highest BCUT2D eigenvalue weighted by Gasteiger charge is 2.33. The lowest BCUT2D eigenvalue weighted by Gasteiger charge is -2.43. The fraction of sp³-hybridized carbons (Fsp3) is 0.643. The molecule has 0 spiro atoms. The van der Waals surface area contributed by atoms with E-state index >= 15 is 0 Å². The van der Waals surface area contributed by atoms with Gasteiger partial charge in [0.15, 0.2) is 0 Å². The Morgan fingerprint density at radius 1 is 1.37 bits per heavy atom. The zero-order chi connectivity index (χ0) is 14.5. The van der Waals surface area contributed by atoms with Crippen molar-refractivity contribution in [2.24, 2.45) is 5.84 Å². The van der Waals surface area contributed by atoms with Crippen molar-refractivity contribution < 1.29 is 0 Å². The first-order valence-corrected chi connectivity index (χ1v) is 6.87. The van der Waals surface area contributed by atoms with Gasteiger partial charge in [-0.1, -0.05) is 13.8 Å². The first-order valence-electron chi connectivity index (χ1n) is 6.87. The number of hydrogen-bond donors (Lipinski definition) is 3. The number of likely N-dealkylation sites (N-methyl/N-ethyl adjacent to an activating group) is 1. The molecule has 5 heteroatoms. The Labute approximate surface area is 116 Å². The van der Waals surface area contributed by atoms with Gasteiger partial charge < -0.3 is 5.73 Å². The van der Waals surface area contributed by atoms with Crippen molar-refractivity contribution in [1.82, 2.24) is 15.3 Å². The van der Waals surface area contributed by atoms with Gasteiger partial charge in [0.2, 0.25) is 0 Å². The molecule has 0 aromatic carbocycles. The van der Waals surface area contributed by atoms with E-state index in [4.69, 9.17) is 11.6 Å². The van der Waals surface area contributed by atoms with Crippen LogP contribution >= 0.6 is 0 Å². The van der Waals surface area contributed by atoms with E-state index in [0.29, 0.717) is 5.82 Å². The van der Waals surface area contributed by atoms with Gasteiger partial charge in [-0.3, -0.25) is 16.2 Å². The summed E-state index contributed by atoms with van der Waals surface area (Å²) in [5.41, 5.74) is 9.80. The predicted octanol–water partition coefficient (Wildman–Crippen LogP) is 1.16. The Morgan fingerprint density at radius 2 is 2.00 bits per heavy atom. The SMILES string of the molecule is CCN(CC)C(C)(C)C(Cc1ccnc(N)c1)NN. The van der Waals surface area contributed by atoms with Crippen LogP contribution in [0.3, 0.4) is 0 Å². The van der Waals surface area contributed by atoms with Crippen molar-refractivity contribution >= 4 is 5.82 Å². The summed E-state index contributed by atoms with van der Waals surface area (Å²) in [5.74, 6) is 6.32. The molecule has 5 N–H and O–H groups in total. The van der Waals surface area contributed by atoms with Crippen molar-refractivity contribution in [3.8, 4) is 0 Å². The topological polar surface area (TPSA) is 80.2 Å². The minimum Gasteiger partial charge on any atom is -0.384 e. The number of rotatable bonds is 7. The largest absolute Gasteiger partial charge is 0.384 e. The smallest absolute Gasteiger partial charge is 0.123 e. The van der Waals surface area contributed by atoms with Crippen molar-refractivity contribution in [1.29, 1.82) is 0 Å². The number of hydrogen-bond acceptors (Lipinski definition) is 5. The molecule has 0 fully saturated rings. The number of aromatic nitrogens is 1. The van der Waals surface area contributed by atoms with Crippen LogP contribution in [-0.2, 0) is 6.42 Å². The minimum atomic E-state index is -0.0315. The lowest BCUT2D eigenvalue weighted by atomic mass is 9.88. The minimum absolute atomic E-state index is 0.0315. The van der Waals surface area contributed by atoms with Gasteiger partial charge in [0, 0.05) is 17.8 Å². The Kier molecular flexibility index (Phi) is 5.72. The Hall–Kier alpha value is -1.17. The molecule has 1 heterocycles. The molecule has 0 bridgehead atoms. The molecule has 1 aromatic heterocycles. The van der Waals surface area contributed by atoms with Crippen LogP contribution in [0.25, 0.3) is 0 Å². The molecule has 0 saturated heterocycles. The van der Waals surface area contributed by atoms with Crippen LogP contribution in [0.1, 0.15) is 33.3 Å². The lowest BCUT2D eigenvalue weighted by molar-refractivity contribution is 0.0912. The second-order valence-corrected chi connectivity index (χ2v) is 5.34. The van der Waals surface area contributed by atoms with E-state index < -0.39 is 0 Å². The monoisotopic (exact) mass is 265 g/mol. The Bertz CT molecular complexity index is 387. The summed E-state index contributed by atoms with van der Waals surface area (Å²) < 4.78 is 0. The van der Waals surface area contributed by atoms with Crippen LogP contribution in [0, 0.1) is 0 Å². The van der Waals surface area contributed by atoms with Crippen LogP contribution < -0.4 is 17.0 Å². The molecule has 0 aliphatic carbocycles. The van der Waals surface area contributed by atoms with Gasteiger partial charge in [-0.25, -0.2) is 4.98 Å². The van der Waals surface area contributed by atoms with E-state index in [9.17, 15) is 0 Å². The van der Waals surface area contributed by atoms with E-state index in [1.54, 1.807) is 6.20 Å². The summed E-state index contributed by atoms with van der Waals surface area (Å²) in [6.45, 7) is 10.8. The average Bonchev–Trinajstić information content (AvgIpc) is 2.37. The third kappa shape index (κ3) is 3.89. The van der Waals surface area contributed by atoms with Crippen molar-refractivity contribution in [2.45, 2.75) is 45.7 Å². The highest BCUT2D eigenvalue weighted by Crippen LogP contribution is 2.21. The van der Waals surface area contributed by atoms with E-state index in [-0.39, 0.29) is 11.6 Å². The zero-order valence-corrected chi connectivity index (χ0v) is 12.5. The average molecular weight is 265 g/mol. The second-order valence-electron chi connectivity index (χ2n) is 5.34. The van der Waals surface area contributed by atoms with Crippen LogP contribution in [-0.4, -0.2) is 34.6 Å². The molecule has 0 aliphatic rings. The van der Waals surface area contributed by atoms with E-state index in [1.807, 2.05) is 12.1 Å². The number of pyridine rings is 1. The molecule has 108 valence electrons. The Morgan fingerprint density at radius 3 is 2.47 bits per heavy atom. The van der Waals surface area contributed by atoms with Gasteiger partial charge in [-0.05, 0) is 51.1 Å². The van der Waals surface area contributed by atoms with Crippen LogP contribution in [0.15, 0.2) is 18.3 Å². The highest BCUT2D eigenvalue weighted by atomic mass is 15.3. The number of nitrogens with two attached hydrogens (primary N) is 2. The van der Waals surface area contributed by atoms with Crippen molar-refractivity contribution in [2.75, 3.05) is 18.8 Å². The van der Waals surface area contributed by atoms with Crippen molar-refractivity contribution in [3.05, 3.63) is 23.9 Å². The summed E-state index contributed by atoms with van der Waals surface area (Å²) >= 11 is 0. The molecule has 1 atom stereocenters. The molecule has 0 aliphatic heterocycles. The predicted molar refractivity (Wildman–Crippen MR) is 80.5 cm³/mol. The maximum Gasteiger partial charge on any atom is 0.123 e. The fourth-order valence-electron chi connectivity index (χ4n) is 2.63. The van der Waals surface area contributed by atoms with E-state index in [1.165, 1.54) is 0 Å². The van der Waals surface area contributed by atoms with Gasteiger partial charge in [-0.15, -0.1) is 0 Å². The number of nitrogen functional groups attached to an aromatic ring is 1. The first kappa shape index (κ1) is 15.9. The molecule has 0 amide bonds. The molecule has 5 nitrogen and oxygen atoms in total. The Balaban J connectivity index is 2.88. The zero-order valence-electron chi connectivity index (χ0n) is 12.5. The van der Waals surface area contributed by atoms with Crippen molar-refractivity contribution in [3.63, 3.8) is 0 Å². The third-order valence-corrected chi connectivity index (χ3v) is 3.92. The first-order chi connectivity index (χ1) is 8.95. The third-order valence-electron chi connectivity index (χ3n) is 3.92. The quantitative estimate of drug-likeness (QED) is 0.509. The van der Waals surface area contributed by atoms with Gasteiger partial charge in [0.05, 0.1) is 0 Å². The normalized spacial score (nSPS) is 13.8. The molecular formula is C14H27N5. The summed E-state index contributed by atoms with van der Waals surface area (Å²) in [5, 5.41) is 0. The molecule has 19 heavy (non-hydrogen) atoms. The molecular weight excluding hydrogens is 238 g/mol. The lowest BCUT2D eigenvalue weighted by Crippen LogP contribution is -2.60. The molecule has 1 unspecified atom stereocenters. The maximum atomic E-state index is 5.77. The molecule has 0 radical (unpaired) electrons. The number of nitrogens with zero attached hydrogens (tertiary/aromatic N) is 2. The second kappa shape index (κ2) is 6.84. The summed E-state index contributed by atoms with van der Waals surface area (Å²) in [4.78, 5) is 6.42. The standard InChI is InChI=1S/C14H27N5/c1-5-19(6-2)14(3,4)12(18-16)9-11-7-8-17-13(15)10-11/h7-8,10,12,18H,5-6,9,16H2,1-4H3,(H2,15,17). The van der Waals surface area contributed by atoms with Gasteiger partial charge in [0.25, 0.3) is 0 Å². The van der Waals surface area contributed by atoms with E-state index in [0.717, 1.165) is 25.1 Å². The van der Waals surface area contributed by atoms with Gasteiger partial charge in [-0.2, -0.15) is 0 Å². The highest BCUT2D eigenvalue weighted by molar-refractivity contribution is 5.32. The van der Waals surface area contributed by atoms with Crippen LogP contribution in [0.2, 0.25) is 0 Å². The van der Waals surface area contributed by atoms with Crippen LogP contribution in [0.5, 0.6) is 0 Å². The molecule has 0 saturated carbocycles.